The molecule has 5 heteroatoms. The van der Waals surface area contributed by atoms with E-state index >= 15 is 0 Å². The zero-order valence-electron chi connectivity index (χ0n) is 8.82. The molecule has 82 valence electrons. The number of H-pyrrole nitrogens is 1. The van der Waals surface area contributed by atoms with Gasteiger partial charge in [-0.25, -0.2) is 0 Å². The van der Waals surface area contributed by atoms with Crippen LogP contribution in [0.4, 0.5) is 5.82 Å². The molecule has 0 aliphatic rings. The number of methoxy groups -OCH3 is 1. The Morgan fingerprint density at radius 2 is 2.20 bits per heavy atom. The summed E-state index contributed by atoms with van der Waals surface area (Å²) in [6, 6.07) is 3.59. The van der Waals surface area contributed by atoms with E-state index in [4.69, 9.17) is 0 Å². The molecule has 5 nitrogen and oxygen atoms in total. The van der Waals surface area contributed by atoms with E-state index in [-0.39, 0.29) is 24.7 Å². The van der Waals surface area contributed by atoms with Crippen LogP contribution in [0.3, 0.4) is 0 Å². The molecular weight excluding hydrogens is 196 g/mol. The molecule has 0 spiro atoms. The minimum absolute atomic E-state index is 0.111. The minimum Gasteiger partial charge on any atom is -0.469 e. The summed E-state index contributed by atoms with van der Waals surface area (Å²) in [5.74, 6) is 0.218. The van der Waals surface area contributed by atoms with Crippen molar-refractivity contribution in [2.45, 2.75) is 12.8 Å². The normalized spacial score (nSPS) is 9.73. The van der Waals surface area contributed by atoms with Crippen LogP contribution in [0.5, 0.6) is 0 Å². The summed E-state index contributed by atoms with van der Waals surface area (Å²) in [5.41, 5.74) is 0. The van der Waals surface area contributed by atoms with Crippen LogP contribution in [0.25, 0.3) is 0 Å². The van der Waals surface area contributed by atoms with Gasteiger partial charge in [0.1, 0.15) is 5.82 Å². The van der Waals surface area contributed by atoms with Crippen molar-refractivity contribution < 1.29 is 14.3 Å². The summed E-state index contributed by atoms with van der Waals surface area (Å²) in [7, 11) is 2.97. The highest BCUT2D eigenvalue weighted by Gasteiger charge is 2.13. The van der Waals surface area contributed by atoms with Crippen LogP contribution < -0.4 is 4.90 Å². The number of rotatable bonds is 4. The topological polar surface area (TPSA) is 62.4 Å². The minimum atomic E-state index is -0.372. The number of ether oxygens (including phenoxy) is 1. The number of carbonyl (C=O) groups excluding carboxylic acids is 2. The zero-order valence-corrected chi connectivity index (χ0v) is 8.82. The molecule has 1 heterocycles. The maximum atomic E-state index is 11.6. The van der Waals surface area contributed by atoms with Gasteiger partial charge in [-0.1, -0.05) is 0 Å². The van der Waals surface area contributed by atoms with E-state index in [1.807, 2.05) is 0 Å². The van der Waals surface area contributed by atoms with Gasteiger partial charge < -0.3 is 14.6 Å². The predicted molar refractivity (Wildman–Crippen MR) is 55.5 cm³/mol. The van der Waals surface area contributed by atoms with Gasteiger partial charge >= 0.3 is 5.97 Å². The summed E-state index contributed by atoms with van der Waals surface area (Å²) in [6.45, 7) is 0. The summed E-state index contributed by atoms with van der Waals surface area (Å²) in [6.07, 6.45) is 2.00. The molecule has 1 N–H and O–H groups in total. The van der Waals surface area contributed by atoms with E-state index in [9.17, 15) is 9.59 Å². The van der Waals surface area contributed by atoms with Crippen LogP contribution in [0, 0.1) is 0 Å². The third kappa shape index (κ3) is 3.12. The van der Waals surface area contributed by atoms with Crippen molar-refractivity contribution in [1.29, 1.82) is 0 Å². The third-order valence-corrected chi connectivity index (χ3v) is 2.09. The molecule has 1 amide bonds. The number of nitrogens with zero attached hydrogens (tertiary/aromatic N) is 1. The third-order valence-electron chi connectivity index (χ3n) is 2.09. The second-order valence-corrected chi connectivity index (χ2v) is 3.08. The zero-order chi connectivity index (χ0) is 11.3. The first-order valence-electron chi connectivity index (χ1n) is 4.62. The van der Waals surface area contributed by atoms with Crippen LogP contribution in [-0.2, 0) is 14.3 Å². The van der Waals surface area contributed by atoms with Crippen LogP contribution in [0.2, 0.25) is 0 Å². The quantitative estimate of drug-likeness (QED) is 0.752. The Kier molecular flexibility index (Phi) is 3.91. The number of nitrogens with one attached hydrogen (secondary N) is 1. The van der Waals surface area contributed by atoms with Crippen LogP contribution in [-0.4, -0.2) is 31.0 Å². The molecule has 0 fully saturated rings. The molecular formula is C10H14N2O3. The molecule has 1 aromatic rings. The molecule has 1 aromatic heterocycles. The smallest absolute Gasteiger partial charge is 0.306 e. The Bertz CT molecular complexity index is 332. The average molecular weight is 210 g/mol. The number of anilines is 1. The number of aromatic nitrogens is 1. The molecule has 0 aromatic carbocycles. The first-order valence-corrected chi connectivity index (χ1v) is 4.62. The first kappa shape index (κ1) is 11.3. The van der Waals surface area contributed by atoms with Gasteiger partial charge in [-0.15, -0.1) is 0 Å². The number of aromatic amines is 1. The SMILES string of the molecule is COC(=O)CCC(=O)N(C)c1ccc[nH]1. The molecule has 0 bridgehead atoms. The van der Waals surface area contributed by atoms with Gasteiger partial charge in [-0.2, -0.15) is 0 Å². The van der Waals surface area contributed by atoms with Crippen molar-refractivity contribution in [3.8, 4) is 0 Å². The van der Waals surface area contributed by atoms with Crippen molar-refractivity contribution in [1.82, 2.24) is 4.98 Å². The highest BCUT2D eigenvalue weighted by Crippen LogP contribution is 2.09. The lowest BCUT2D eigenvalue weighted by molar-refractivity contribution is -0.141. The maximum absolute atomic E-state index is 11.6. The highest BCUT2D eigenvalue weighted by molar-refractivity contribution is 5.93. The first-order chi connectivity index (χ1) is 7.15. The van der Waals surface area contributed by atoms with Crippen molar-refractivity contribution in [3.05, 3.63) is 18.3 Å². The van der Waals surface area contributed by atoms with E-state index < -0.39 is 0 Å². The number of amides is 1. The number of hydrogen-bond donors (Lipinski definition) is 1. The molecule has 0 atom stereocenters. The maximum Gasteiger partial charge on any atom is 0.306 e. The predicted octanol–water partition coefficient (Wildman–Crippen LogP) is 0.931. The van der Waals surface area contributed by atoms with Crippen molar-refractivity contribution >= 4 is 17.7 Å². The highest BCUT2D eigenvalue weighted by atomic mass is 16.5. The Morgan fingerprint density at radius 3 is 2.73 bits per heavy atom. The fourth-order valence-electron chi connectivity index (χ4n) is 1.14. The second-order valence-electron chi connectivity index (χ2n) is 3.08. The van der Waals surface area contributed by atoms with Gasteiger partial charge in [0, 0.05) is 19.7 Å². The molecule has 0 saturated heterocycles. The molecule has 0 unspecified atom stereocenters. The van der Waals surface area contributed by atoms with Gasteiger partial charge in [0.05, 0.1) is 13.5 Å². The van der Waals surface area contributed by atoms with Crippen LogP contribution in [0.15, 0.2) is 18.3 Å². The van der Waals surface area contributed by atoms with Crippen LogP contribution in [0.1, 0.15) is 12.8 Å². The van der Waals surface area contributed by atoms with E-state index in [2.05, 4.69) is 9.72 Å². The molecule has 0 aliphatic carbocycles. The lowest BCUT2D eigenvalue weighted by Gasteiger charge is -2.14. The van der Waals surface area contributed by atoms with Crippen LogP contribution >= 0.6 is 0 Å². The molecule has 0 saturated carbocycles. The van der Waals surface area contributed by atoms with E-state index in [1.165, 1.54) is 12.0 Å². The van der Waals surface area contributed by atoms with Gasteiger partial charge in [-0.3, -0.25) is 9.59 Å². The Hall–Kier alpha value is -1.78. The van der Waals surface area contributed by atoms with E-state index in [1.54, 1.807) is 25.4 Å². The fraction of sp³-hybridized carbons (Fsp3) is 0.400. The molecule has 0 radical (unpaired) electrons. The summed E-state index contributed by atoms with van der Waals surface area (Å²) in [5, 5.41) is 0. The van der Waals surface area contributed by atoms with Crippen molar-refractivity contribution in [2.24, 2.45) is 0 Å². The van der Waals surface area contributed by atoms with Crippen molar-refractivity contribution in [2.75, 3.05) is 19.1 Å². The molecule has 1 rings (SSSR count). The summed E-state index contributed by atoms with van der Waals surface area (Å²) < 4.78 is 4.45. The number of esters is 1. The van der Waals surface area contributed by atoms with Gasteiger partial charge in [0.25, 0.3) is 0 Å². The Balaban J connectivity index is 2.44. The lowest BCUT2D eigenvalue weighted by atomic mass is 10.3. The van der Waals surface area contributed by atoms with Gasteiger partial charge in [-0.05, 0) is 12.1 Å². The number of hydrogen-bond acceptors (Lipinski definition) is 3. The summed E-state index contributed by atoms with van der Waals surface area (Å²) >= 11 is 0. The van der Waals surface area contributed by atoms with E-state index in [0.29, 0.717) is 5.82 Å². The Morgan fingerprint density at radius 1 is 1.47 bits per heavy atom. The molecule has 15 heavy (non-hydrogen) atoms. The van der Waals surface area contributed by atoms with Gasteiger partial charge in [0.2, 0.25) is 5.91 Å². The molecule has 0 aliphatic heterocycles. The van der Waals surface area contributed by atoms with E-state index in [0.717, 1.165) is 0 Å². The standard InChI is InChI=1S/C10H14N2O3/c1-12(8-4-3-7-11-8)9(13)5-6-10(14)15-2/h3-4,7,11H,5-6H2,1-2H3. The fourth-order valence-corrected chi connectivity index (χ4v) is 1.14. The number of carbonyl (C=O) groups is 2. The monoisotopic (exact) mass is 210 g/mol. The largest absolute Gasteiger partial charge is 0.469 e. The van der Waals surface area contributed by atoms with Gasteiger partial charge in [0.15, 0.2) is 0 Å². The Labute approximate surface area is 88.0 Å². The second kappa shape index (κ2) is 5.19. The lowest BCUT2D eigenvalue weighted by Crippen LogP contribution is -2.26. The van der Waals surface area contributed by atoms with Crippen molar-refractivity contribution in [3.63, 3.8) is 0 Å². The average Bonchev–Trinajstić information content (AvgIpc) is 2.77. The summed E-state index contributed by atoms with van der Waals surface area (Å²) in [4.78, 5) is 26.8.